The maximum Gasteiger partial charge on any atom is 0.338 e. The molecule has 1 aromatic rings. The van der Waals surface area contributed by atoms with Gasteiger partial charge in [0.05, 0.1) is 28.6 Å². The molecule has 2 rings (SSSR count). The lowest BCUT2D eigenvalue weighted by molar-refractivity contribution is 0.0505. The molecule has 21 heavy (non-hydrogen) atoms. The van der Waals surface area contributed by atoms with Gasteiger partial charge >= 0.3 is 5.97 Å². The van der Waals surface area contributed by atoms with Gasteiger partial charge in [0.25, 0.3) is 0 Å². The van der Waals surface area contributed by atoms with E-state index in [0.717, 1.165) is 38.3 Å². The van der Waals surface area contributed by atoms with E-state index in [0.29, 0.717) is 22.9 Å². The molecule has 0 aliphatic carbocycles. The van der Waals surface area contributed by atoms with Gasteiger partial charge in [-0.2, -0.15) is 0 Å². The van der Waals surface area contributed by atoms with E-state index < -0.39 is 0 Å². The molecule has 1 fully saturated rings. The number of carbonyl (C=O) groups is 1. The fourth-order valence-corrected chi connectivity index (χ4v) is 2.73. The lowest BCUT2D eigenvalue weighted by Crippen LogP contribution is -2.44. The number of halogens is 1. The van der Waals surface area contributed by atoms with E-state index in [1.165, 1.54) is 0 Å². The second-order valence-corrected chi connectivity index (χ2v) is 5.73. The number of carbonyl (C=O) groups excluding carboxylic acids is 1. The third-order valence-electron chi connectivity index (χ3n) is 3.59. The molecule has 0 bridgehead atoms. The maximum atomic E-state index is 11.9. The first-order chi connectivity index (χ1) is 10.0. The fourth-order valence-electron chi connectivity index (χ4n) is 2.38. The molecule has 0 atom stereocenters. The van der Waals surface area contributed by atoms with Gasteiger partial charge in [-0.3, -0.25) is 0 Å². The average molecular weight is 312 g/mol. The summed E-state index contributed by atoms with van der Waals surface area (Å²) in [4.78, 5) is 16.3. The third kappa shape index (κ3) is 3.80. The van der Waals surface area contributed by atoms with Crippen molar-refractivity contribution < 1.29 is 9.53 Å². The van der Waals surface area contributed by atoms with Gasteiger partial charge in [0.15, 0.2) is 0 Å². The van der Waals surface area contributed by atoms with Gasteiger partial charge in [0, 0.05) is 26.2 Å². The first-order valence-corrected chi connectivity index (χ1v) is 7.60. The molecule has 1 saturated heterocycles. The molecule has 0 saturated carbocycles. The van der Waals surface area contributed by atoms with E-state index in [2.05, 4.69) is 16.8 Å². The molecule has 0 radical (unpaired) electrons. The van der Waals surface area contributed by atoms with E-state index in [4.69, 9.17) is 22.1 Å². The number of esters is 1. The predicted molar refractivity (Wildman–Crippen MR) is 86.1 cm³/mol. The topological polar surface area (TPSA) is 58.8 Å². The number of piperazine rings is 1. The Kier molecular flexibility index (Phi) is 5.31. The van der Waals surface area contributed by atoms with Crippen LogP contribution in [-0.2, 0) is 4.74 Å². The molecule has 1 aromatic carbocycles. The van der Waals surface area contributed by atoms with Gasteiger partial charge in [-0.25, -0.2) is 4.79 Å². The molecule has 0 spiro atoms. The van der Waals surface area contributed by atoms with E-state index in [1.54, 1.807) is 12.1 Å². The number of ether oxygens (including phenoxy) is 1. The first-order valence-electron chi connectivity index (χ1n) is 7.22. The highest BCUT2D eigenvalue weighted by atomic mass is 35.5. The molecule has 1 heterocycles. The molecule has 1 aliphatic heterocycles. The van der Waals surface area contributed by atoms with Crippen LogP contribution in [0.3, 0.4) is 0 Å². The summed E-state index contributed by atoms with van der Waals surface area (Å²) in [6.07, 6.45) is 0.786. The summed E-state index contributed by atoms with van der Waals surface area (Å²) < 4.78 is 5.11. The number of hydrogen-bond acceptors (Lipinski definition) is 5. The molecule has 1 aliphatic rings. The fraction of sp³-hybridized carbons (Fsp3) is 0.533. The quantitative estimate of drug-likeness (QED) is 0.682. The second-order valence-electron chi connectivity index (χ2n) is 5.32. The Morgan fingerprint density at radius 2 is 2.00 bits per heavy atom. The number of hydrogen-bond donors (Lipinski definition) is 1. The van der Waals surface area contributed by atoms with E-state index >= 15 is 0 Å². The molecule has 0 unspecified atom stereocenters. The summed E-state index contributed by atoms with van der Waals surface area (Å²) in [7, 11) is 2.09. The zero-order valence-corrected chi connectivity index (χ0v) is 13.3. The normalized spacial score (nSPS) is 16.0. The maximum absolute atomic E-state index is 11.9. The number of benzene rings is 1. The minimum Gasteiger partial charge on any atom is -0.462 e. The molecule has 0 amide bonds. The molecule has 6 heteroatoms. The summed E-state index contributed by atoms with van der Waals surface area (Å²) in [5, 5.41) is 0.503. The van der Waals surface area contributed by atoms with Crippen molar-refractivity contribution >= 4 is 28.9 Å². The highest BCUT2D eigenvalue weighted by Gasteiger charge is 2.21. The Labute approximate surface area is 130 Å². The van der Waals surface area contributed by atoms with Gasteiger partial charge in [0.1, 0.15) is 0 Å². The molecule has 5 nitrogen and oxygen atoms in total. The Bertz CT molecular complexity index is 491. The third-order valence-corrected chi connectivity index (χ3v) is 3.87. The van der Waals surface area contributed by atoms with Gasteiger partial charge in [-0.05, 0) is 25.6 Å². The minimum atomic E-state index is -0.379. The van der Waals surface area contributed by atoms with Crippen molar-refractivity contribution in [2.24, 2.45) is 0 Å². The van der Waals surface area contributed by atoms with E-state index in [1.807, 2.05) is 6.92 Å². The van der Waals surface area contributed by atoms with Crippen molar-refractivity contribution in [2.45, 2.75) is 13.3 Å². The van der Waals surface area contributed by atoms with Crippen molar-refractivity contribution in [3.8, 4) is 0 Å². The van der Waals surface area contributed by atoms with Gasteiger partial charge in [0.2, 0.25) is 0 Å². The predicted octanol–water partition coefficient (Wildman–Crippen LogP) is 2.24. The Hall–Kier alpha value is -1.46. The van der Waals surface area contributed by atoms with Crippen LogP contribution >= 0.6 is 11.6 Å². The number of rotatable bonds is 4. The second kappa shape index (κ2) is 7.00. The Balaban J connectivity index is 2.19. The van der Waals surface area contributed by atoms with Crippen LogP contribution in [0.1, 0.15) is 23.7 Å². The largest absolute Gasteiger partial charge is 0.462 e. The van der Waals surface area contributed by atoms with Crippen LogP contribution in [0.25, 0.3) is 0 Å². The molecular formula is C15H22ClN3O2. The zero-order valence-electron chi connectivity index (χ0n) is 12.6. The smallest absolute Gasteiger partial charge is 0.338 e. The molecule has 0 aromatic heterocycles. The minimum absolute atomic E-state index is 0.379. The standard InChI is InChI=1S/C15H22ClN3O2/c1-3-8-21-15(20)11-9-12(16)14(13(17)10-11)19-6-4-18(2)5-7-19/h9-10H,3-8,17H2,1-2H3. The first kappa shape index (κ1) is 15.9. The van der Waals surface area contributed by atoms with Gasteiger partial charge in [-0.15, -0.1) is 0 Å². The van der Waals surface area contributed by atoms with Gasteiger partial charge < -0.3 is 20.3 Å². The summed E-state index contributed by atoms with van der Waals surface area (Å²) in [5.74, 6) is -0.379. The highest BCUT2D eigenvalue weighted by Crippen LogP contribution is 2.34. The number of nitrogen functional groups attached to an aromatic ring is 1. The van der Waals surface area contributed by atoms with Crippen LogP contribution in [0.2, 0.25) is 5.02 Å². The van der Waals surface area contributed by atoms with Crippen molar-refractivity contribution in [2.75, 3.05) is 50.5 Å². The molecular weight excluding hydrogens is 290 g/mol. The van der Waals surface area contributed by atoms with Crippen LogP contribution in [0, 0.1) is 0 Å². The van der Waals surface area contributed by atoms with Crippen LogP contribution in [0.4, 0.5) is 11.4 Å². The number of nitrogens with zero attached hydrogens (tertiary/aromatic N) is 2. The molecule has 2 N–H and O–H groups in total. The summed E-state index contributed by atoms with van der Waals surface area (Å²) >= 11 is 6.34. The number of nitrogens with two attached hydrogens (primary N) is 1. The number of likely N-dealkylation sites (N-methyl/N-ethyl adjacent to an activating group) is 1. The van der Waals surface area contributed by atoms with E-state index in [9.17, 15) is 4.79 Å². The highest BCUT2D eigenvalue weighted by molar-refractivity contribution is 6.34. The van der Waals surface area contributed by atoms with Gasteiger partial charge in [-0.1, -0.05) is 18.5 Å². The summed E-state index contributed by atoms with van der Waals surface area (Å²) in [6.45, 7) is 6.04. The average Bonchev–Trinajstić information content (AvgIpc) is 2.46. The van der Waals surface area contributed by atoms with Crippen molar-refractivity contribution in [3.05, 3.63) is 22.7 Å². The molecule has 116 valence electrons. The lowest BCUT2D eigenvalue weighted by Gasteiger charge is -2.35. The lowest BCUT2D eigenvalue weighted by atomic mass is 10.1. The van der Waals surface area contributed by atoms with Crippen LogP contribution < -0.4 is 10.6 Å². The van der Waals surface area contributed by atoms with Crippen molar-refractivity contribution in [1.82, 2.24) is 4.90 Å². The summed E-state index contributed by atoms with van der Waals surface area (Å²) in [5.41, 5.74) is 7.85. The van der Waals surface area contributed by atoms with Crippen LogP contribution in [0.5, 0.6) is 0 Å². The van der Waals surface area contributed by atoms with Crippen molar-refractivity contribution in [3.63, 3.8) is 0 Å². The SMILES string of the molecule is CCCOC(=O)c1cc(N)c(N2CCN(C)CC2)c(Cl)c1. The van der Waals surface area contributed by atoms with Crippen LogP contribution in [-0.4, -0.2) is 50.7 Å². The Morgan fingerprint density at radius 1 is 1.33 bits per heavy atom. The Morgan fingerprint density at radius 3 is 2.57 bits per heavy atom. The van der Waals surface area contributed by atoms with E-state index in [-0.39, 0.29) is 5.97 Å². The monoisotopic (exact) mass is 311 g/mol. The van der Waals surface area contributed by atoms with Crippen LogP contribution in [0.15, 0.2) is 12.1 Å². The van der Waals surface area contributed by atoms with Crippen molar-refractivity contribution in [1.29, 1.82) is 0 Å². The summed E-state index contributed by atoms with van der Waals surface area (Å²) in [6, 6.07) is 3.29. The zero-order chi connectivity index (χ0) is 15.4. The number of anilines is 2.